The highest BCUT2D eigenvalue weighted by atomic mass is 19.4. The summed E-state index contributed by atoms with van der Waals surface area (Å²) >= 11 is 0. The summed E-state index contributed by atoms with van der Waals surface area (Å²) in [6.45, 7) is 7.64. The third-order valence-corrected chi connectivity index (χ3v) is 6.00. The summed E-state index contributed by atoms with van der Waals surface area (Å²) < 4.78 is 46.7. The van der Waals surface area contributed by atoms with E-state index in [1.54, 1.807) is 0 Å². The summed E-state index contributed by atoms with van der Waals surface area (Å²) in [4.78, 5) is 6.31. The molecule has 0 aromatic carbocycles. The van der Waals surface area contributed by atoms with Crippen molar-refractivity contribution in [3.8, 4) is 11.3 Å². The molecule has 29 heavy (non-hydrogen) atoms. The first kappa shape index (κ1) is 20.3. The lowest BCUT2D eigenvalue weighted by molar-refractivity contribution is -0.137. The van der Waals surface area contributed by atoms with Crippen LogP contribution >= 0.6 is 0 Å². The van der Waals surface area contributed by atoms with Crippen molar-refractivity contribution in [2.24, 2.45) is 0 Å². The lowest BCUT2D eigenvalue weighted by atomic mass is 10.0. The van der Waals surface area contributed by atoms with E-state index in [0.29, 0.717) is 23.2 Å². The van der Waals surface area contributed by atoms with Gasteiger partial charge in [-0.05, 0) is 45.2 Å². The molecule has 1 aliphatic carbocycles. The van der Waals surface area contributed by atoms with Crippen molar-refractivity contribution in [3.05, 3.63) is 35.8 Å². The highest BCUT2D eigenvalue weighted by Gasteiger charge is 2.34. The summed E-state index contributed by atoms with van der Waals surface area (Å²) in [5.74, 6) is 0.366. The van der Waals surface area contributed by atoms with Crippen LogP contribution in [0, 0.1) is 0 Å². The van der Waals surface area contributed by atoms with Crippen LogP contribution in [0.4, 0.5) is 13.2 Å². The summed E-state index contributed by atoms with van der Waals surface area (Å²) in [5.41, 5.74) is 1.33. The van der Waals surface area contributed by atoms with Crippen molar-refractivity contribution in [1.82, 2.24) is 19.7 Å². The van der Waals surface area contributed by atoms with Gasteiger partial charge in [-0.1, -0.05) is 0 Å². The molecular weight excluding hydrogens is 381 g/mol. The van der Waals surface area contributed by atoms with E-state index < -0.39 is 11.7 Å². The van der Waals surface area contributed by atoms with E-state index in [9.17, 15) is 13.2 Å². The number of pyridine rings is 1. The predicted octanol–water partition coefficient (Wildman–Crippen LogP) is 4.51. The molecule has 2 atom stereocenters. The molecule has 0 bridgehead atoms. The lowest BCUT2D eigenvalue weighted by Crippen LogP contribution is -2.42. The topological polar surface area (TPSA) is 43.2 Å². The number of ether oxygens (including phenoxy) is 1. The fraction of sp³-hybridized carbons (Fsp3) is 0.619. The minimum absolute atomic E-state index is 0.139. The molecule has 1 aliphatic heterocycles. The second-order valence-corrected chi connectivity index (χ2v) is 8.26. The number of rotatable bonds is 4. The van der Waals surface area contributed by atoms with Gasteiger partial charge in [0.25, 0.3) is 0 Å². The van der Waals surface area contributed by atoms with E-state index >= 15 is 0 Å². The fourth-order valence-corrected chi connectivity index (χ4v) is 4.50. The zero-order valence-corrected chi connectivity index (χ0v) is 16.8. The number of alkyl halides is 3. The number of aromatic nitrogens is 3. The Kier molecular flexibility index (Phi) is 5.66. The summed E-state index contributed by atoms with van der Waals surface area (Å²) in [6, 6.07) is 3.77. The maximum Gasteiger partial charge on any atom is 0.417 e. The number of morpholine rings is 1. The minimum atomic E-state index is -4.41. The Balaban J connectivity index is 1.59. The molecule has 3 heterocycles. The Morgan fingerprint density at radius 3 is 2.55 bits per heavy atom. The van der Waals surface area contributed by atoms with Crippen molar-refractivity contribution in [1.29, 1.82) is 0 Å². The molecule has 2 unspecified atom stereocenters. The molecular formula is C21H27F3N4O. The Hall–Kier alpha value is -1.93. The van der Waals surface area contributed by atoms with Gasteiger partial charge in [0.05, 0.1) is 24.5 Å². The molecule has 2 fully saturated rings. The predicted molar refractivity (Wildman–Crippen MR) is 104 cm³/mol. The van der Waals surface area contributed by atoms with Gasteiger partial charge in [0, 0.05) is 54.7 Å². The van der Waals surface area contributed by atoms with Gasteiger partial charge in [0.2, 0.25) is 0 Å². The molecule has 0 amide bonds. The zero-order chi connectivity index (χ0) is 20.6. The number of hydrogen-bond donors (Lipinski definition) is 0. The van der Waals surface area contributed by atoms with Crippen LogP contribution in [0.15, 0.2) is 24.5 Å². The number of nitrogens with zero attached hydrogens (tertiary/aromatic N) is 4. The Morgan fingerprint density at radius 2 is 1.86 bits per heavy atom. The van der Waals surface area contributed by atoms with Crippen molar-refractivity contribution in [2.75, 3.05) is 26.3 Å². The second-order valence-electron chi connectivity index (χ2n) is 8.26. The van der Waals surface area contributed by atoms with Crippen LogP contribution < -0.4 is 0 Å². The number of halogens is 3. The van der Waals surface area contributed by atoms with Crippen LogP contribution in [0.25, 0.3) is 11.3 Å². The van der Waals surface area contributed by atoms with Crippen molar-refractivity contribution in [2.45, 2.75) is 57.3 Å². The smallest absolute Gasteiger partial charge is 0.379 e. The molecule has 4 rings (SSSR count). The largest absolute Gasteiger partial charge is 0.417 e. The van der Waals surface area contributed by atoms with Crippen LogP contribution in [0.1, 0.15) is 56.3 Å². The second kappa shape index (κ2) is 8.07. The molecule has 0 N–H and O–H groups in total. The lowest BCUT2D eigenvalue weighted by Gasteiger charge is -2.32. The monoisotopic (exact) mass is 408 g/mol. The van der Waals surface area contributed by atoms with E-state index in [2.05, 4.69) is 28.8 Å². The highest BCUT2D eigenvalue weighted by Crippen LogP contribution is 2.39. The van der Waals surface area contributed by atoms with E-state index in [4.69, 9.17) is 4.74 Å². The average molecular weight is 408 g/mol. The van der Waals surface area contributed by atoms with Crippen LogP contribution in [0.5, 0.6) is 0 Å². The maximum atomic E-state index is 13.1. The van der Waals surface area contributed by atoms with Crippen LogP contribution in [-0.4, -0.2) is 52.0 Å². The zero-order valence-electron chi connectivity index (χ0n) is 16.8. The summed E-state index contributed by atoms with van der Waals surface area (Å²) in [7, 11) is 0. The van der Waals surface area contributed by atoms with Gasteiger partial charge in [0.1, 0.15) is 0 Å². The molecule has 0 radical (unpaired) electrons. The van der Waals surface area contributed by atoms with Crippen LogP contribution in [-0.2, 0) is 10.9 Å². The first-order chi connectivity index (χ1) is 13.8. The summed E-state index contributed by atoms with van der Waals surface area (Å²) in [5, 5.41) is 4.66. The van der Waals surface area contributed by atoms with Crippen molar-refractivity contribution >= 4 is 0 Å². The van der Waals surface area contributed by atoms with E-state index in [-0.39, 0.29) is 6.04 Å². The minimum Gasteiger partial charge on any atom is -0.379 e. The van der Waals surface area contributed by atoms with Crippen LogP contribution in [0.3, 0.4) is 0 Å². The normalized spacial score (nSPS) is 23.8. The van der Waals surface area contributed by atoms with Gasteiger partial charge in [-0.15, -0.1) is 0 Å². The van der Waals surface area contributed by atoms with Crippen molar-refractivity contribution < 1.29 is 17.9 Å². The van der Waals surface area contributed by atoms with Gasteiger partial charge in [-0.25, -0.2) is 0 Å². The first-order valence-corrected chi connectivity index (χ1v) is 10.3. The molecule has 0 spiro atoms. The van der Waals surface area contributed by atoms with E-state index in [1.165, 1.54) is 6.20 Å². The summed E-state index contributed by atoms with van der Waals surface area (Å²) in [6.07, 6.45) is 1.15. The van der Waals surface area contributed by atoms with Crippen molar-refractivity contribution in [3.63, 3.8) is 0 Å². The third-order valence-electron chi connectivity index (χ3n) is 6.00. The van der Waals surface area contributed by atoms with Gasteiger partial charge in [-0.3, -0.25) is 14.6 Å². The Labute approximate surface area is 168 Å². The fourth-order valence-electron chi connectivity index (χ4n) is 4.50. The maximum absolute atomic E-state index is 13.1. The van der Waals surface area contributed by atoms with E-state index in [1.807, 2.05) is 10.7 Å². The standard InChI is InChI=1S/C21H27F3N4O/c1-14(2)28-20(15-3-4-18(10-15)27-5-7-29-8-6-27)11-19(26-28)16-9-17(13-25-12-16)21(22,23)24/h9,11-15,18H,3-8,10H2,1-2H3. The molecule has 2 aliphatic rings. The first-order valence-electron chi connectivity index (χ1n) is 10.3. The Bertz CT molecular complexity index is 843. The molecule has 1 saturated carbocycles. The average Bonchev–Trinajstić information content (AvgIpc) is 3.35. The molecule has 1 saturated heterocycles. The highest BCUT2D eigenvalue weighted by molar-refractivity contribution is 5.59. The van der Waals surface area contributed by atoms with Gasteiger partial charge in [0.15, 0.2) is 0 Å². The molecule has 2 aromatic rings. The quantitative estimate of drug-likeness (QED) is 0.747. The van der Waals surface area contributed by atoms with Gasteiger partial charge in [-0.2, -0.15) is 18.3 Å². The van der Waals surface area contributed by atoms with Gasteiger partial charge >= 0.3 is 6.18 Å². The Morgan fingerprint density at radius 1 is 1.10 bits per heavy atom. The van der Waals surface area contributed by atoms with Gasteiger partial charge < -0.3 is 4.74 Å². The van der Waals surface area contributed by atoms with E-state index in [0.717, 1.165) is 63.5 Å². The number of hydrogen-bond acceptors (Lipinski definition) is 4. The third kappa shape index (κ3) is 4.33. The molecule has 2 aromatic heterocycles. The SMILES string of the molecule is CC(C)n1nc(-c2cncc(C(F)(F)F)c2)cc1C1CCC(N2CCOCC2)C1. The molecule has 5 nitrogen and oxygen atoms in total. The van der Waals surface area contributed by atoms with Crippen LogP contribution in [0.2, 0.25) is 0 Å². The molecule has 8 heteroatoms. The molecule has 158 valence electrons.